The molecule has 5 nitrogen and oxygen atoms in total. The molecule has 0 unspecified atom stereocenters. The highest BCUT2D eigenvalue weighted by Crippen LogP contribution is 2.13. The molecule has 0 fully saturated rings. The molecule has 1 rings (SSSR count). The Morgan fingerprint density at radius 3 is 2.72 bits per heavy atom. The van der Waals surface area contributed by atoms with Crippen LogP contribution in [0.2, 0.25) is 0 Å². The number of likely N-dealkylation sites (N-methyl/N-ethyl adjacent to an activating group) is 1. The molecule has 2 N–H and O–H groups in total. The maximum atomic E-state index is 11.8. The third kappa shape index (κ3) is 4.00. The van der Waals surface area contributed by atoms with E-state index in [9.17, 15) is 4.79 Å². The molecule has 0 aliphatic carbocycles. The van der Waals surface area contributed by atoms with E-state index in [4.69, 9.17) is 5.73 Å². The Morgan fingerprint density at radius 1 is 1.44 bits per heavy atom. The average Bonchev–Trinajstić information content (AvgIpc) is 2.38. The van der Waals surface area contributed by atoms with Crippen molar-refractivity contribution in [1.82, 2.24) is 9.88 Å². The summed E-state index contributed by atoms with van der Waals surface area (Å²) in [6, 6.07) is 3.83. The maximum absolute atomic E-state index is 11.8. The van der Waals surface area contributed by atoms with Crippen molar-refractivity contribution in [2.45, 2.75) is 19.9 Å². The van der Waals surface area contributed by atoms with Crippen molar-refractivity contribution in [1.29, 1.82) is 0 Å². The Bertz CT molecular complexity index is 392. The van der Waals surface area contributed by atoms with Crippen LogP contribution < -0.4 is 10.6 Å². The fourth-order valence-electron chi connectivity index (χ4n) is 1.61. The van der Waals surface area contributed by atoms with E-state index in [2.05, 4.69) is 11.9 Å². The van der Waals surface area contributed by atoms with Gasteiger partial charge in [0.1, 0.15) is 5.82 Å². The number of amides is 1. The van der Waals surface area contributed by atoms with Gasteiger partial charge in [0.05, 0.1) is 6.54 Å². The van der Waals surface area contributed by atoms with E-state index in [1.807, 2.05) is 17.0 Å². The summed E-state index contributed by atoms with van der Waals surface area (Å²) in [4.78, 5) is 19.7. The first-order chi connectivity index (χ1) is 8.58. The van der Waals surface area contributed by atoms with E-state index in [-0.39, 0.29) is 5.91 Å². The summed E-state index contributed by atoms with van der Waals surface area (Å²) in [6.45, 7) is 3.72. The van der Waals surface area contributed by atoms with E-state index < -0.39 is 0 Å². The summed E-state index contributed by atoms with van der Waals surface area (Å²) in [6.07, 6.45) is 2.70. The minimum absolute atomic E-state index is 0.0726. The number of nitrogens with two attached hydrogens (primary N) is 1. The minimum Gasteiger partial charge on any atom is -0.347 e. The number of carbonyl (C=O) groups is 1. The van der Waals surface area contributed by atoms with Crippen LogP contribution in [-0.2, 0) is 11.3 Å². The van der Waals surface area contributed by atoms with E-state index in [0.717, 1.165) is 24.3 Å². The summed E-state index contributed by atoms with van der Waals surface area (Å²) in [7, 11) is 3.52. The van der Waals surface area contributed by atoms with Crippen molar-refractivity contribution in [3.63, 3.8) is 0 Å². The molecule has 0 bridgehead atoms. The zero-order chi connectivity index (χ0) is 13.5. The van der Waals surface area contributed by atoms with Crippen LogP contribution in [0.25, 0.3) is 0 Å². The third-order valence-corrected chi connectivity index (χ3v) is 2.69. The first kappa shape index (κ1) is 14.4. The quantitative estimate of drug-likeness (QED) is 0.813. The molecule has 0 aromatic carbocycles. The van der Waals surface area contributed by atoms with Crippen LogP contribution >= 0.6 is 0 Å². The molecule has 1 heterocycles. The van der Waals surface area contributed by atoms with Crippen molar-refractivity contribution in [2.24, 2.45) is 5.73 Å². The predicted molar refractivity (Wildman–Crippen MR) is 73.3 cm³/mol. The number of anilines is 1. The van der Waals surface area contributed by atoms with E-state index in [1.54, 1.807) is 25.2 Å². The van der Waals surface area contributed by atoms with Crippen molar-refractivity contribution in [3.05, 3.63) is 23.9 Å². The van der Waals surface area contributed by atoms with Gasteiger partial charge in [0.15, 0.2) is 0 Å². The molecule has 0 saturated carbocycles. The average molecular weight is 250 g/mol. The van der Waals surface area contributed by atoms with E-state index >= 15 is 0 Å². The molecule has 1 aromatic heterocycles. The van der Waals surface area contributed by atoms with Gasteiger partial charge in [-0.1, -0.05) is 6.92 Å². The molecule has 18 heavy (non-hydrogen) atoms. The van der Waals surface area contributed by atoms with Crippen LogP contribution in [0.15, 0.2) is 18.3 Å². The Balaban J connectivity index is 2.85. The lowest BCUT2D eigenvalue weighted by Crippen LogP contribution is -2.37. The highest BCUT2D eigenvalue weighted by molar-refractivity contribution is 5.80. The smallest absolute Gasteiger partial charge is 0.241 e. The van der Waals surface area contributed by atoms with Gasteiger partial charge in [-0.05, 0) is 24.1 Å². The Hall–Kier alpha value is -1.62. The van der Waals surface area contributed by atoms with Crippen LogP contribution in [0, 0.1) is 0 Å². The monoisotopic (exact) mass is 250 g/mol. The molecule has 0 radical (unpaired) electrons. The van der Waals surface area contributed by atoms with Crippen LogP contribution in [0.3, 0.4) is 0 Å². The molecule has 1 aromatic rings. The second-order valence-electron chi connectivity index (χ2n) is 4.44. The summed E-state index contributed by atoms with van der Waals surface area (Å²) in [5.74, 6) is 0.887. The van der Waals surface area contributed by atoms with Gasteiger partial charge >= 0.3 is 0 Å². The van der Waals surface area contributed by atoms with Crippen molar-refractivity contribution >= 4 is 11.7 Å². The van der Waals surface area contributed by atoms with Gasteiger partial charge in [0.25, 0.3) is 0 Å². The minimum atomic E-state index is 0.0726. The highest BCUT2D eigenvalue weighted by atomic mass is 16.2. The van der Waals surface area contributed by atoms with Gasteiger partial charge in [-0.25, -0.2) is 4.98 Å². The lowest BCUT2D eigenvalue weighted by atomic mass is 10.2. The van der Waals surface area contributed by atoms with Crippen molar-refractivity contribution < 1.29 is 4.79 Å². The number of rotatable bonds is 6. The van der Waals surface area contributed by atoms with Gasteiger partial charge in [0, 0.05) is 33.4 Å². The number of carbonyl (C=O) groups excluding carboxylic acids is 1. The topological polar surface area (TPSA) is 62.5 Å². The summed E-state index contributed by atoms with van der Waals surface area (Å²) < 4.78 is 0. The van der Waals surface area contributed by atoms with E-state index in [0.29, 0.717) is 13.1 Å². The Labute approximate surface area is 109 Å². The number of pyridine rings is 1. The molecular weight excluding hydrogens is 228 g/mol. The van der Waals surface area contributed by atoms with Crippen molar-refractivity contribution in [3.8, 4) is 0 Å². The SMILES string of the molecule is CCCN(CC(=O)N(C)C)c1cc(CN)ccn1. The molecule has 0 atom stereocenters. The molecule has 0 aliphatic heterocycles. The van der Waals surface area contributed by atoms with Crippen LogP contribution in [0.1, 0.15) is 18.9 Å². The van der Waals surface area contributed by atoms with Crippen LogP contribution in [0.5, 0.6) is 0 Å². The second-order valence-corrected chi connectivity index (χ2v) is 4.44. The molecule has 0 spiro atoms. The zero-order valence-corrected chi connectivity index (χ0v) is 11.4. The molecule has 0 aliphatic rings. The van der Waals surface area contributed by atoms with Gasteiger partial charge in [-0.3, -0.25) is 4.79 Å². The normalized spacial score (nSPS) is 10.2. The molecule has 0 saturated heterocycles. The fourth-order valence-corrected chi connectivity index (χ4v) is 1.61. The lowest BCUT2D eigenvalue weighted by molar-refractivity contribution is -0.127. The second kappa shape index (κ2) is 6.96. The standard InChI is InChI=1S/C13H22N4O/c1-4-7-17(10-13(18)16(2)3)12-8-11(9-14)5-6-15-12/h5-6,8H,4,7,9-10,14H2,1-3H3. The van der Waals surface area contributed by atoms with Crippen molar-refractivity contribution in [2.75, 3.05) is 32.1 Å². The molecule has 5 heteroatoms. The Kier molecular flexibility index (Phi) is 5.58. The number of nitrogens with zero attached hydrogens (tertiary/aromatic N) is 3. The van der Waals surface area contributed by atoms with E-state index in [1.165, 1.54) is 0 Å². The van der Waals surface area contributed by atoms with Crippen LogP contribution in [-0.4, -0.2) is 43.0 Å². The molecule has 1 amide bonds. The third-order valence-electron chi connectivity index (χ3n) is 2.69. The fraction of sp³-hybridized carbons (Fsp3) is 0.538. The summed E-state index contributed by atoms with van der Waals surface area (Å²) >= 11 is 0. The first-order valence-corrected chi connectivity index (χ1v) is 6.18. The summed E-state index contributed by atoms with van der Waals surface area (Å²) in [5, 5.41) is 0. The maximum Gasteiger partial charge on any atom is 0.241 e. The first-order valence-electron chi connectivity index (χ1n) is 6.18. The zero-order valence-electron chi connectivity index (χ0n) is 11.4. The largest absolute Gasteiger partial charge is 0.347 e. The summed E-state index contributed by atoms with van der Waals surface area (Å²) in [5.41, 5.74) is 6.65. The number of hydrogen-bond acceptors (Lipinski definition) is 4. The van der Waals surface area contributed by atoms with Gasteiger partial charge < -0.3 is 15.5 Å². The Morgan fingerprint density at radius 2 is 2.17 bits per heavy atom. The highest BCUT2D eigenvalue weighted by Gasteiger charge is 2.13. The van der Waals surface area contributed by atoms with Crippen LogP contribution in [0.4, 0.5) is 5.82 Å². The molecule has 100 valence electrons. The number of aromatic nitrogens is 1. The van der Waals surface area contributed by atoms with Gasteiger partial charge in [-0.2, -0.15) is 0 Å². The predicted octanol–water partition coefficient (Wildman–Crippen LogP) is 0.845. The molecular formula is C13H22N4O. The number of hydrogen-bond donors (Lipinski definition) is 1. The lowest BCUT2D eigenvalue weighted by Gasteiger charge is -2.24. The van der Waals surface area contributed by atoms with Gasteiger partial charge in [0.2, 0.25) is 5.91 Å². The van der Waals surface area contributed by atoms with Gasteiger partial charge in [-0.15, -0.1) is 0 Å².